The summed E-state index contributed by atoms with van der Waals surface area (Å²) in [5.74, 6) is 0.192. The predicted molar refractivity (Wildman–Crippen MR) is 59.0 cm³/mol. The van der Waals surface area contributed by atoms with E-state index in [9.17, 15) is 4.79 Å². The van der Waals surface area contributed by atoms with Gasteiger partial charge in [-0.3, -0.25) is 4.79 Å². The molecule has 0 bridgehead atoms. The number of rotatable bonds is 4. The van der Waals surface area contributed by atoms with E-state index in [2.05, 4.69) is 5.32 Å². The van der Waals surface area contributed by atoms with Crippen LogP contribution in [-0.2, 0) is 4.79 Å². The van der Waals surface area contributed by atoms with E-state index in [1.807, 2.05) is 44.2 Å². The minimum atomic E-state index is 0.0591. The van der Waals surface area contributed by atoms with Crippen LogP contribution >= 0.6 is 0 Å². The van der Waals surface area contributed by atoms with Crippen LogP contribution in [0.4, 0.5) is 5.69 Å². The molecule has 0 aliphatic heterocycles. The highest BCUT2D eigenvalue weighted by Gasteiger charge is 2.00. The Morgan fingerprint density at radius 3 is 2.50 bits per heavy atom. The van der Waals surface area contributed by atoms with Crippen molar-refractivity contribution in [1.29, 1.82) is 0 Å². The molecule has 1 aromatic carbocycles. The van der Waals surface area contributed by atoms with Crippen LogP contribution in [0.1, 0.15) is 13.8 Å². The van der Waals surface area contributed by atoms with Crippen LogP contribution in [-0.4, -0.2) is 5.78 Å². The van der Waals surface area contributed by atoms with E-state index in [0.29, 0.717) is 0 Å². The average molecular weight is 189 g/mol. The number of hydrogen-bond donors (Lipinski definition) is 1. The lowest BCUT2D eigenvalue weighted by Crippen LogP contribution is -2.03. The van der Waals surface area contributed by atoms with E-state index in [0.717, 1.165) is 5.69 Å². The molecule has 0 spiro atoms. The summed E-state index contributed by atoms with van der Waals surface area (Å²) in [5.41, 5.74) is 0.986. The highest BCUT2D eigenvalue weighted by Crippen LogP contribution is 2.04. The van der Waals surface area contributed by atoms with Crippen LogP contribution in [0.3, 0.4) is 0 Å². The van der Waals surface area contributed by atoms with Crippen molar-refractivity contribution in [2.75, 3.05) is 5.32 Å². The number of carbonyl (C=O) groups is 1. The van der Waals surface area contributed by atoms with Gasteiger partial charge in [0.15, 0.2) is 5.78 Å². The Balaban J connectivity index is 2.45. The molecule has 0 amide bonds. The molecular formula is C12H15NO. The maximum Gasteiger partial charge on any atom is 0.159 e. The highest BCUT2D eigenvalue weighted by atomic mass is 16.1. The van der Waals surface area contributed by atoms with Crippen molar-refractivity contribution in [3.05, 3.63) is 42.6 Å². The quantitative estimate of drug-likeness (QED) is 0.738. The van der Waals surface area contributed by atoms with Gasteiger partial charge >= 0.3 is 0 Å². The molecule has 0 atom stereocenters. The Kier molecular flexibility index (Phi) is 3.92. The zero-order chi connectivity index (χ0) is 10.4. The first-order chi connectivity index (χ1) is 6.70. The number of hydrogen-bond acceptors (Lipinski definition) is 2. The van der Waals surface area contributed by atoms with Gasteiger partial charge in [0.25, 0.3) is 0 Å². The molecule has 1 rings (SSSR count). The van der Waals surface area contributed by atoms with E-state index in [4.69, 9.17) is 0 Å². The van der Waals surface area contributed by atoms with E-state index in [-0.39, 0.29) is 11.7 Å². The minimum absolute atomic E-state index is 0.0591. The molecule has 0 aromatic heterocycles. The standard InChI is InChI=1S/C12H15NO/c1-10(2)12(14)8-9-13-11-6-4-3-5-7-11/h3-10,13H,1-2H3. The number of anilines is 1. The fraction of sp³-hybridized carbons (Fsp3) is 0.250. The molecule has 0 heterocycles. The van der Waals surface area contributed by atoms with Gasteiger partial charge in [-0.1, -0.05) is 32.0 Å². The van der Waals surface area contributed by atoms with Crippen LogP contribution in [0.15, 0.2) is 42.6 Å². The molecule has 0 saturated heterocycles. The fourth-order valence-corrected chi connectivity index (χ4v) is 0.947. The van der Waals surface area contributed by atoms with E-state index < -0.39 is 0 Å². The second-order valence-corrected chi connectivity index (χ2v) is 3.40. The molecule has 14 heavy (non-hydrogen) atoms. The van der Waals surface area contributed by atoms with Crippen molar-refractivity contribution in [2.24, 2.45) is 5.92 Å². The fourth-order valence-electron chi connectivity index (χ4n) is 0.947. The summed E-state index contributed by atoms with van der Waals surface area (Å²) >= 11 is 0. The molecule has 0 fully saturated rings. The Morgan fingerprint density at radius 1 is 1.29 bits per heavy atom. The van der Waals surface area contributed by atoms with Gasteiger partial charge in [0.2, 0.25) is 0 Å². The Morgan fingerprint density at radius 2 is 1.93 bits per heavy atom. The third kappa shape index (κ3) is 3.44. The van der Waals surface area contributed by atoms with E-state index in [1.165, 1.54) is 0 Å². The number of para-hydroxylation sites is 1. The maximum absolute atomic E-state index is 11.2. The second kappa shape index (κ2) is 5.22. The zero-order valence-electron chi connectivity index (χ0n) is 8.53. The highest BCUT2D eigenvalue weighted by molar-refractivity contribution is 5.91. The predicted octanol–water partition coefficient (Wildman–Crippen LogP) is 2.84. The number of ketones is 1. The van der Waals surface area contributed by atoms with Gasteiger partial charge < -0.3 is 5.32 Å². The molecule has 0 aliphatic rings. The molecule has 1 N–H and O–H groups in total. The summed E-state index contributed by atoms with van der Waals surface area (Å²) in [7, 11) is 0. The number of benzene rings is 1. The van der Waals surface area contributed by atoms with Gasteiger partial charge in [0.1, 0.15) is 0 Å². The Hall–Kier alpha value is -1.57. The van der Waals surface area contributed by atoms with Gasteiger partial charge in [-0.25, -0.2) is 0 Å². The lowest BCUT2D eigenvalue weighted by molar-refractivity contribution is -0.117. The van der Waals surface area contributed by atoms with Gasteiger partial charge in [0.05, 0.1) is 0 Å². The first-order valence-corrected chi connectivity index (χ1v) is 4.72. The zero-order valence-corrected chi connectivity index (χ0v) is 8.53. The van der Waals surface area contributed by atoms with Crippen molar-refractivity contribution >= 4 is 11.5 Å². The number of allylic oxidation sites excluding steroid dienone is 1. The summed E-state index contributed by atoms with van der Waals surface area (Å²) in [5, 5.41) is 3.03. The van der Waals surface area contributed by atoms with Crippen molar-refractivity contribution in [3.8, 4) is 0 Å². The van der Waals surface area contributed by atoms with Crippen LogP contribution < -0.4 is 5.32 Å². The van der Waals surface area contributed by atoms with Crippen LogP contribution in [0.25, 0.3) is 0 Å². The van der Waals surface area contributed by atoms with Crippen LogP contribution in [0.2, 0.25) is 0 Å². The third-order valence-corrected chi connectivity index (χ3v) is 1.84. The molecule has 2 heteroatoms. The molecule has 1 aromatic rings. The van der Waals surface area contributed by atoms with Gasteiger partial charge in [-0.2, -0.15) is 0 Å². The molecule has 0 radical (unpaired) electrons. The van der Waals surface area contributed by atoms with E-state index in [1.54, 1.807) is 12.3 Å². The van der Waals surface area contributed by atoms with Gasteiger partial charge in [-0.05, 0) is 18.2 Å². The third-order valence-electron chi connectivity index (χ3n) is 1.84. The first-order valence-electron chi connectivity index (χ1n) is 4.72. The summed E-state index contributed by atoms with van der Waals surface area (Å²) in [6.45, 7) is 3.77. The largest absolute Gasteiger partial charge is 0.362 e. The topological polar surface area (TPSA) is 29.1 Å². The molecule has 74 valence electrons. The number of nitrogens with one attached hydrogen (secondary N) is 1. The van der Waals surface area contributed by atoms with Crippen molar-refractivity contribution in [1.82, 2.24) is 0 Å². The molecule has 0 aliphatic carbocycles. The lowest BCUT2D eigenvalue weighted by atomic mass is 10.1. The normalized spacial score (nSPS) is 10.8. The van der Waals surface area contributed by atoms with Crippen molar-refractivity contribution < 1.29 is 4.79 Å². The molecule has 2 nitrogen and oxygen atoms in total. The average Bonchev–Trinajstić information content (AvgIpc) is 2.19. The summed E-state index contributed by atoms with van der Waals surface area (Å²) < 4.78 is 0. The second-order valence-electron chi connectivity index (χ2n) is 3.40. The van der Waals surface area contributed by atoms with Gasteiger partial charge in [-0.15, -0.1) is 0 Å². The Labute approximate surface area is 84.6 Å². The summed E-state index contributed by atoms with van der Waals surface area (Å²) in [6, 6.07) is 9.74. The lowest BCUT2D eigenvalue weighted by Gasteiger charge is -2.00. The maximum atomic E-state index is 11.2. The Bertz CT molecular complexity index is 314. The van der Waals surface area contributed by atoms with Crippen molar-refractivity contribution in [3.63, 3.8) is 0 Å². The SMILES string of the molecule is CC(C)C(=O)C=CNc1ccccc1. The monoisotopic (exact) mass is 189 g/mol. The smallest absolute Gasteiger partial charge is 0.159 e. The van der Waals surface area contributed by atoms with E-state index >= 15 is 0 Å². The van der Waals surface area contributed by atoms with Crippen molar-refractivity contribution in [2.45, 2.75) is 13.8 Å². The molecular weight excluding hydrogens is 174 g/mol. The summed E-state index contributed by atoms with van der Waals surface area (Å²) in [6.07, 6.45) is 3.25. The first kappa shape index (κ1) is 10.5. The molecule has 0 unspecified atom stereocenters. The van der Waals surface area contributed by atoms with Crippen LogP contribution in [0, 0.1) is 5.92 Å². The van der Waals surface area contributed by atoms with Gasteiger partial charge in [0, 0.05) is 17.8 Å². The molecule has 0 saturated carbocycles. The van der Waals surface area contributed by atoms with Crippen LogP contribution in [0.5, 0.6) is 0 Å². The minimum Gasteiger partial charge on any atom is -0.362 e. The number of carbonyl (C=O) groups excluding carboxylic acids is 1. The summed E-state index contributed by atoms with van der Waals surface area (Å²) in [4.78, 5) is 11.2.